The van der Waals surface area contributed by atoms with Gasteiger partial charge in [0.05, 0.1) is 17.6 Å². The highest BCUT2D eigenvalue weighted by Gasteiger charge is 2.36. The fourth-order valence-corrected chi connectivity index (χ4v) is 2.76. The summed E-state index contributed by atoms with van der Waals surface area (Å²) in [6, 6.07) is 4.61. The summed E-state index contributed by atoms with van der Waals surface area (Å²) in [5.74, 6) is -1.01. The molecule has 0 aromatic heterocycles. The molecule has 1 heterocycles. The topological polar surface area (TPSA) is 99.0 Å². The van der Waals surface area contributed by atoms with E-state index in [2.05, 4.69) is 12.6 Å². The Morgan fingerprint density at radius 2 is 2.04 bits per heavy atom. The summed E-state index contributed by atoms with van der Waals surface area (Å²) in [6.07, 6.45) is 0.519. The van der Waals surface area contributed by atoms with Gasteiger partial charge in [-0.05, 0) is 18.6 Å². The van der Waals surface area contributed by atoms with Gasteiger partial charge >= 0.3 is 11.9 Å². The molecule has 1 saturated heterocycles. The molecule has 2 atom stereocenters. The quantitative estimate of drug-likeness (QED) is 0.373. The number of esters is 2. The van der Waals surface area contributed by atoms with Crippen molar-refractivity contribution >= 4 is 30.3 Å². The Bertz CT molecular complexity index is 606. The van der Waals surface area contributed by atoms with Crippen LogP contribution in [0.25, 0.3) is 0 Å². The molecule has 1 aliphatic rings. The standard InChI is InChI=1S/C14H16N2O6S/c1-21-14(18)12-6-11(23)7-15(12)8-22-13(17)9-2-4-10(5-3-9)16(19)20/h2-5,11-12,23H,6-8H2,1H3/t11-,12-/m0/s1. The number of methoxy groups -OCH3 is 1. The summed E-state index contributed by atoms with van der Waals surface area (Å²) in [6.45, 7) is 0.420. The molecule has 0 unspecified atom stereocenters. The molecule has 8 nitrogen and oxygen atoms in total. The van der Waals surface area contributed by atoms with E-state index < -0.39 is 22.9 Å². The van der Waals surface area contributed by atoms with Crippen LogP contribution in [0.4, 0.5) is 5.69 Å². The molecule has 0 saturated carbocycles. The van der Waals surface area contributed by atoms with Crippen molar-refractivity contribution in [1.82, 2.24) is 4.90 Å². The van der Waals surface area contributed by atoms with E-state index in [0.29, 0.717) is 13.0 Å². The average Bonchev–Trinajstić information content (AvgIpc) is 2.92. The van der Waals surface area contributed by atoms with Gasteiger partial charge in [-0.15, -0.1) is 0 Å². The third-order valence-corrected chi connectivity index (χ3v) is 3.90. The first kappa shape index (κ1) is 17.2. The molecule has 2 rings (SSSR count). The van der Waals surface area contributed by atoms with Gasteiger partial charge in [-0.1, -0.05) is 0 Å². The lowest BCUT2D eigenvalue weighted by atomic mass is 10.2. The number of nitro groups is 1. The number of hydrogen-bond acceptors (Lipinski definition) is 8. The number of likely N-dealkylation sites (tertiary alicyclic amines) is 1. The minimum Gasteiger partial charge on any atom is -0.468 e. The van der Waals surface area contributed by atoms with Crippen LogP contribution in [-0.4, -0.2) is 53.4 Å². The minimum atomic E-state index is -0.619. The van der Waals surface area contributed by atoms with Gasteiger partial charge in [-0.3, -0.25) is 19.8 Å². The highest BCUT2D eigenvalue weighted by atomic mass is 32.1. The third-order valence-electron chi connectivity index (χ3n) is 3.53. The van der Waals surface area contributed by atoms with Gasteiger partial charge < -0.3 is 9.47 Å². The first-order chi connectivity index (χ1) is 10.9. The van der Waals surface area contributed by atoms with Crippen molar-refractivity contribution in [2.45, 2.75) is 17.7 Å². The molecule has 1 aliphatic heterocycles. The molecule has 1 aromatic carbocycles. The van der Waals surface area contributed by atoms with Crippen LogP contribution < -0.4 is 0 Å². The van der Waals surface area contributed by atoms with E-state index >= 15 is 0 Å². The first-order valence-electron chi connectivity index (χ1n) is 6.84. The second-order valence-electron chi connectivity index (χ2n) is 5.06. The van der Waals surface area contributed by atoms with Crippen LogP contribution in [0.5, 0.6) is 0 Å². The van der Waals surface area contributed by atoms with Crippen LogP contribution in [0, 0.1) is 10.1 Å². The fraction of sp³-hybridized carbons (Fsp3) is 0.429. The highest BCUT2D eigenvalue weighted by Crippen LogP contribution is 2.23. The fourth-order valence-electron chi connectivity index (χ4n) is 2.35. The Hall–Kier alpha value is -2.13. The van der Waals surface area contributed by atoms with Crippen LogP contribution >= 0.6 is 12.6 Å². The van der Waals surface area contributed by atoms with Crippen LogP contribution in [0.1, 0.15) is 16.8 Å². The number of nitro benzene ring substituents is 1. The Balaban J connectivity index is 1.95. The van der Waals surface area contributed by atoms with E-state index in [9.17, 15) is 19.7 Å². The maximum atomic E-state index is 12.0. The summed E-state index contributed by atoms with van der Waals surface area (Å²) in [4.78, 5) is 35.3. The lowest BCUT2D eigenvalue weighted by molar-refractivity contribution is -0.384. The predicted octanol–water partition coefficient (Wildman–Crippen LogP) is 1.25. The molecule has 124 valence electrons. The molecule has 0 aliphatic carbocycles. The van der Waals surface area contributed by atoms with Crippen molar-refractivity contribution in [3.63, 3.8) is 0 Å². The zero-order valence-electron chi connectivity index (χ0n) is 12.4. The Morgan fingerprint density at radius 1 is 1.39 bits per heavy atom. The summed E-state index contributed by atoms with van der Waals surface area (Å²) in [7, 11) is 1.30. The van der Waals surface area contributed by atoms with Gasteiger partial charge in [0, 0.05) is 23.9 Å². The van der Waals surface area contributed by atoms with Crippen molar-refractivity contribution in [2.24, 2.45) is 0 Å². The minimum absolute atomic E-state index is 0.00261. The Kier molecular flexibility index (Phi) is 5.56. The number of carbonyl (C=O) groups excluding carboxylic acids is 2. The van der Waals surface area contributed by atoms with E-state index in [0.717, 1.165) is 0 Å². The van der Waals surface area contributed by atoms with E-state index in [-0.39, 0.29) is 23.2 Å². The maximum absolute atomic E-state index is 12.0. The Morgan fingerprint density at radius 3 is 2.61 bits per heavy atom. The maximum Gasteiger partial charge on any atom is 0.339 e. The van der Waals surface area contributed by atoms with Crippen molar-refractivity contribution in [1.29, 1.82) is 0 Å². The molecule has 0 bridgehead atoms. The second kappa shape index (κ2) is 7.42. The highest BCUT2D eigenvalue weighted by molar-refractivity contribution is 7.81. The molecule has 0 radical (unpaired) electrons. The van der Waals surface area contributed by atoms with Gasteiger partial charge in [-0.2, -0.15) is 12.6 Å². The van der Waals surface area contributed by atoms with Crippen molar-refractivity contribution in [3.8, 4) is 0 Å². The number of thiol groups is 1. The zero-order valence-corrected chi connectivity index (χ0v) is 13.3. The number of non-ortho nitro benzene ring substituents is 1. The van der Waals surface area contributed by atoms with Gasteiger partial charge in [0.25, 0.3) is 5.69 Å². The zero-order chi connectivity index (χ0) is 17.0. The predicted molar refractivity (Wildman–Crippen MR) is 83.3 cm³/mol. The van der Waals surface area contributed by atoms with E-state index in [1.165, 1.54) is 31.4 Å². The van der Waals surface area contributed by atoms with Crippen LogP contribution in [0.15, 0.2) is 24.3 Å². The molecule has 0 spiro atoms. The normalized spacial score (nSPS) is 21.0. The van der Waals surface area contributed by atoms with Crippen LogP contribution in [0.2, 0.25) is 0 Å². The monoisotopic (exact) mass is 340 g/mol. The number of rotatable bonds is 5. The second-order valence-corrected chi connectivity index (χ2v) is 5.79. The van der Waals surface area contributed by atoms with E-state index in [1.807, 2.05) is 0 Å². The lowest BCUT2D eigenvalue weighted by Crippen LogP contribution is -2.38. The molecule has 1 aromatic rings. The third kappa shape index (κ3) is 4.20. The first-order valence-corrected chi connectivity index (χ1v) is 7.35. The lowest BCUT2D eigenvalue weighted by Gasteiger charge is -2.21. The molecule has 1 fully saturated rings. The average molecular weight is 340 g/mol. The van der Waals surface area contributed by atoms with E-state index in [4.69, 9.17) is 9.47 Å². The SMILES string of the molecule is COC(=O)[C@@H]1C[C@H](S)CN1COC(=O)c1ccc([N+](=O)[O-])cc1. The Labute approximate surface area is 137 Å². The molecule has 9 heteroatoms. The van der Waals surface area contributed by atoms with Crippen molar-refractivity contribution in [2.75, 3.05) is 20.4 Å². The summed E-state index contributed by atoms with van der Waals surface area (Å²) in [5, 5.41) is 10.6. The number of benzene rings is 1. The summed E-state index contributed by atoms with van der Waals surface area (Å²) >= 11 is 4.34. The van der Waals surface area contributed by atoms with Gasteiger partial charge in [0.1, 0.15) is 12.8 Å². The van der Waals surface area contributed by atoms with Crippen molar-refractivity contribution < 1.29 is 24.0 Å². The van der Waals surface area contributed by atoms with Crippen LogP contribution in [0.3, 0.4) is 0 Å². The summed E-state index contributed by atoms with van der Waals surface area (Å²) < 4.78 is 9.88. The van der Waals surface area contributed by atoms with Gasteiger partial charge in [0.15, 0.2) is 0 Å². The molecule has 0 amide bonds. The largest absolute Gasteiger partial charge is 0.468 e. The smallest absolute Gasteiger partial charge is 0.339 e. The van der Waals surface area contributed by atoms with E-state index in [1.54, 1.807) is 4.90 Å². The number of nitrogens with zero attached hydrogens (tertiary/aromatic N) is 2. The number of ether oxygens (including phenoxy) is 2. The molecule has 23 heavy (non-hydrogen) atoms. The number of carbonyl (C=O) groups is 2. The molecular weight excluding hydrogens is 324 g/mol. The van der Waals surface area contributed by atoms with Gasteiger partial charge in [-0.25, -0.2) is 4.79 Å². The molecule has 0 N–H and O–H groups in total. The van der Waals surface area contributed by atoms with Gasteiger partial charge in [0.2, 0.25) is 0 Å². The van der Waals surface area contributed by atoms with Crippen molar-refractivity contribution in [3.05, 3.63) is 39.9 Å². The van der Waals surface area contributed by atoms with Crippen LogP contribution in [-0.2, 0) is 14.3 Å². The molecular formula is C14H16N2O6S. The number of hydrogen-bond donors (Lipinski definition) is 1. The summed E-state index contributed by atoms with van der Waals surface area (Å²) in [5.41, 5.74) is 0.0941.